The number of hydrogen-bond donors (Lipinski definition) is 0. The largest absolute Gasteiger partial charge is 0.497 e. The quantitative estimate of drug-likeness (QED) is 0.0460. The fourth-order valence-corrected chi connectivity index (χ4v) is 8.39. The second-order valence-corrected chi connectivity index (χ2v) is 17.3. The average Bonchev–Trinajstić information content (AvgIpc) is 3.29. The number of carbonyl (C=O) groups is 6. The molecule has 2 saturated carbocycles. The second kappa shape index (κ2) is 23.8. The summed E-state index contributed by atoms with van der Waals surface area (Å²) >= 11 is 6.75. The van der Waals surface area contributed by atoms with Crippen LogP contribution in [0.2, 0.25) is 0 Å². The summed E-state index contributed by atoms with van der Waals surface area (Å²) in [6.07, 6.45) is 7.32. The van der Waals surface area contributed by atoms with Crippen LogP contribution in [0.25, 0.3) is 6.08 Å². The molecular formula is C49H54ClNO11S. The predicted octanol–water partition coefficient (Wildman–Crippen LogP) is 9.33. The number of thioether (sulfide) groups is 1. The molecule has 0 radical (unpaired) electrons. The van der Waals surface area contributed by atoms with Crippen molar-refractivity contribution < 1.29 is 52.5 Å². The second-order valence-electron chi connectivity index (χ2n) is 15.5. The lowest BCUT2D eigenvalue weighted by atomic mass is 9.79. The number of benzene rings is 3. The highest BCUT2D eigenvalue weighted by molar-refractivity contribution is 8.08. The number of esters is 3. The zero-order valence-electron chi connectivity index (χ0n) is 35.9. The predicted molar refractivity (Wildman–Crippen MR) is 243 cm³/mol. The number of amides is 1. The zero-order valence-corrected chi connectivity index (χ0v) is 37.5. The summed E-state index contributed by atoms with van der Waals surface area (Å²) < 4.78 is 27.2. The zero-order chi connectivity index (χ0) is 45.5. The summed E-state index contributed by atoms with van der Waals surface area (Å²) in [7, 11) is 3.05. The fourth-order valence-electron chi connectivity index (χ4n) is 7.67. The van der Waals surface area contributed by atoms with Crippen molar-refractivity contribution in [2.24, 2.45) is 23.7 Å². The van der Waals surface area contributed by atoms with E-state index in [1.54, 1.807) is 78.7 Å². The lowest BCUT2D eigenvalue weighted by Gasteiger charge is -2.26. The minimum atomic E-state index is -0.406. The molecular weight excluding hydrogens is 846 g/mol. The smallest absolute Gasteiger partial charge is 0.314 e. The molecule has 3 aromatic carbocycles. The van der Waals surface area contributed by atoms with E-state index in [9.17, 15) is 28.8 Å². The molecule has 0 atom stereocenters. The molecule has 334 valence electrons. The number of allylic oxidation sites excluding steroid dienone is 2. The molecule has 63 heavy (non-hydrogen) atoms. The Bertz CT molecular complexity index is 2170. The van der Waals surface area contributed by atoms with Crippen LogP contribution in [0, 0.1) is 23.7 Å². The third-order valence-corrected chi connectivity index (χ3v) is 12.2. The lowest BCUT2D eigenvalue weighted by molar-refractivity contribution is -0.153. The van der Waals surface area contributed by atoms with Gasteiger partial charge < -0.3 is 28.6 Å². The van der Waals surface area contributed by atoms with Gasteiger partial charge in [0, 0.05) is 42.8 Å². The van der Waals surface area contributed by atoms with Gasteiger partial charge in [-0.05, 0) is 131 Å². The van der Waals surface area contributed by atoms with Gasteiger partial charge in [0.05, 0.1) is 40.7 Å². The Morgan fingerprint density at radius 2 is 1.30 bits per heavy atom. The average molecular weight is 900 g/mol. The molecule has 14 heteroatoms. The molecule has 2 aliphatic carbocycles. The summed E-state index contributed by atoms with van der Waals surface area (Å²) in [5.74, 6) is -1.48. The van der Waals surface area contributed by atoms with E-state index in [1.165, 1.54) is 19.3 Å². The van der Waals surface area contributed by atoms with Gasteiger partial charge >= 0.3 is 17.9 Å². The van der Waals surface area contributed by atoms with Gasteiger partial charge in [0.1, 0.15) is 29.6 Å². The Morgan fingerprint density at radius 1 is 0.730 bits per heavy atom. The van der Waals surface area contributed by atoms with Crippen molar-refractivity contribution in [3.63, 3.8) is 0 Å². The van der Waals surface area contributed by atoms with Crippen LogP contribution in [-0.2, 0) is 39.9 Å². The van der Waals surface area contributed by atoms with Gasteiger partial charge in [-0.15, -0.1) is 0 Å². The van der Waals surface area contributed by atoms with Crippen molar-refractivity contribution in [1.29, 1.82) is 0 Å². The van der Waals surface area contributed by atoms with E-state index in [-0.39, 0.29) is 81.1 Å². The number of ether oxygens (including phenoxy) is 5. The molecule has 2 fully saturated rings. The van der Waals surface area contributed by atoms with Crippen molar-refractivity contribution in [2.75, 3.05) is 38.9 Å². The maximum Gasteiger partial charge on any atom is 0.314 e. The first-order valence-corrected chi connectivity index (χ1v) is 22.2. The first-order valence-electron chi connectivity index (χ1n) is 21.0. The number of rotatable bonds is 20. The molecule has 3 aromatic rings. The van der Waals surface area contributed by atoms with Crippen LogP contribution in [0.1, 0.15) is 79.8 Å². The van der Waals surface area contributed by atoms with Crippen molar-refractivity contribution in [1.82, 2.24) is 0 Å². The molecule has 0 unspecified atom stereocenters. The molecule has 0 aliphatic heterocycles. The molecule has 0 saturated heterocycles. The number of ketones is 2. The first kappa shape index (κ1) is 48.5. The normalized spacial score (nSPS) is 18.5. The summed E-state index contributed by atoms with van der Waals surface area (Å²) in [6.45, 7) is 10.1. The Kier molecular flexibility index (Phi) is 18.3. The highest BCUT2D eigenvalue weighted by atomic mass is 35.5. The van der Waals surface area contributed by atoms with Crippen molar-refractivity contribution in [3.05, 3.63) is 112 Å². The monoisotopic (exact) mass is 899 g/mol. The van der Waals surface area contributed by atoms with Crippen LogP contribution in [0.3, 0.4) is 0 Å². The molecule has 0 N–H and O–H groups in total. The van der Waals surface area contributed by atoms with E-state index in [0.29, 0.717) is 92.8 Å². The van der Waals surface area contributed by atoms with E-state index in [0.717, 1.165) is 17.3 Å². The minimum Gasteiger partial charge on any atom is -0.497 e. The van der Waals surface area contributed by atoms with E-state index in [4.69, 9.17) is 35.3 Å². The Hall–Kier alpha value is -5.50. The van der Waals surface area contributed by atoms with E-state index >= 15 is 0 Å². The molecule has 1 amide bonds. The highest BCUT2D eigenvalue weighted by Gasteiger charge is 2.33. The van der Waals surface area contributed by atoms with Gasteiger partial charge in [0.25, 0.3) is 5.91 Å². The Balaban J connectivity index is 1.08. The van der Waals surface area contributed by atoms with Crippen LogP contribution in [-0.4, -0.2) is 69.4 Å². The highest BCUT2D eigenvalue weighted by Crippen LogP contribution is 2.35. The number of Topliss-reactive ketones (excluding diaryl/α,β-unsaturated/α-hetero) is 1. The Labute approximate surface area is 378 Å². The number of methoxy groups -OCH3 is 2. The molecule has 0 spiro atoms. The standard InChI is InChI=1S/C49H54ClNO11S/c1-6-51(40-20-22-41(23-21-40)61-48(56)37-17-15-36(16-18-37)47(55)60-28-27-58-4)46(54)35-9-7-33(8-10-35)29-44(53)34-11-13-38(14-12-34)49(57)62-45-26-24-42(59-5)30-39(45)19-25-43(52)31(2)63-32(3)50/h7-10,19-26,30,34,36-38H,2-3,6,11-18,27-29H2,1,4-5H3/b25-19+. The molecule has 0 bridgehead atoms. The minimum absolute atomic E-state index is 0.0766. The van der Waals surface area contributed by atoms with Gasteiger partial charge in [0.15, 0.2) is 5.78 Å². The van der Waals surface area contributed by atoms with E-state index in [2.05, 4.69) is 13.2 Å². The van der Waals surface area contributed by atoms with Gasteiger partial charge in [-0.3, -0.25) is 28.8 Å². The summed E-state index contributed by atoms with van der Waals surface area (Å²) in [6, 6.07) is 18.7. The SMILES string of the molecule is C=C(Cl)SC(=C)C(=O)/C=C/c1cc(OC)ccc1OC(=O)C1CCC(C(=O)Cc2ccc(C(=O)N(CC)c3ccc(OC(=O)C4CCC(C(=O)OCCOC)CC4)cc3)cc2)CC1. The number of anilines is 1. The fraction of sp³-hybridized carbons (Fsp3) is 0.388. The number of halogens is 1. The molecule has 12 nitrogen and oxygen atoms in total. The maximum atomic E-state index is 13.6. The van der Waals surface area contributed by atoms with Crippen molar-refractivity contribution in [2.45, 2.75) is 64.7 Å². The van der Waals surface area contributed by atoms with Crippen LogP contribution >= 0.6 is 23.4 Å². The number of carbonyl (C=O) groups excluding carboxylic acids is 6. The molecule has 5 rings (SSSR count). The van der Waals surface area contributed by atoms with Gasteiger partial charge in [0.2, 0.25) is 0 Å². The molecule has 2 aliphatic rings. The molecule has 0 heterocycles. The van der Waals surface area contributed by atoms with Crippen LogP contribution in [0.15, 0.2) is 95.2 Å². The van der Waals surface area contributed by atoms with Gasteiger partial charge in [-0.2, -0.15) is 0 Å². The van der Waals surface area contributed by atoms with Gasteiger partial charge in [-0.25, -0.2) is 0 Å². The number of nitrogens with zero attached hydrogens (tertiary/aromatic N) is 1. The van der Waals surface area contributed by atoms with Gasteiger partial charge in [-0.1, -0.05) is 48.7 Å². The van der Waals surface area contributed by atoms with Crippen LogP contribution < -0.4 is 19.1 Å². The van der Waals surface area contributed by atoms with E-state index in [1.807, 2.05) is 6.92 Å². The van der Waals surface area contributed by atoms with Crippen LogP contribution in [0.4, 0.5) is 5.69 Å². The summed E-state index contributed by atoms with van der Waals surface area (Å²) in [5, 5.41) is 0. The summed E-state index contributed by atoms with van der Waals surface area (Å²) in [5.41, 5.74) is 2.36. The van der Waals surface area contributed by atoms with E-state index < -0.39 is 5.97 Å². The van der Waals surface area contributed by atoms with Crippen LogP contribution in [0.5, 0.6) is 17.2 Å². The first-order chi connectivity index (χ1) is 30.3. The summed E-state index contributed by atoms with van der Waals surface area (Å²) in [4.78, 5) is 79.8. The van der Waals surface area contributed by atoms with Crippen molar-refractivity contribution >= 4 is 70.5 Å². The Morgan fingerprint density at radius 3 is 1.87 bits per heavy atom. The maximum absolute atomic E-state index is 13.6. The van der Waals surface area contributed by atoms with Crippen molar-refractivity contribution in [3.8, 4) is 17.2 Å². The number of hydrogen-bond acceptors (Lipinski definition) is 12. The third-order valence-electron chi connectivity index (χ3n) is 11.3. The lowest BCUT2D eigenvalue weighted by Crippen LogP contribution is -2.31. The third kappa shape index (κ3) is 14.0. The molecule has 0 aromatic heterocycles. The topological polar surface area (TPSA) is 152 Å².